The summed E-state index contributed by atoms with van der Waals surface area (Å²) >= 11 is 0. The van der Waals surface area contributed by atoms with E-state index in [0.717, 1.165) is 70.4 Å². The van der Waals surface area contributed by atoms with E-state index in [2.05, 4.69) is 57.4 Å². The van der Waals surface area contributed by atoms with Crippen LogP contribution in [0.25, 0.3) is 0 Å². The van der Waals surface area contributed by atoms with Crippen LogP contribution in [0.15, 0.2) is 11.6 Å². The molecule has 0 amide bonds. The van der Waals surface area contributed by atoms with Crippen LogP contribution in [-0.4, -0.2) is 78.1 Å². The second-order valence-electron chi connectivity index (χ2n) is 15.9. The Hall–Kier alpha value is -1.24. The van der Waals surface area contributed by atoms with Crippen molar-refractivity contribution in [1.29, 1.82) is 0 Å². The molecule has 2 saturated heterocycles. The van der Waals surface area contributed by atoms with Gasteiger partial charge in [0.05, 0.1) is 17.6 Å². The number of carbonyl (C=O) groups is 2. The standard InChI is InChI=1S/C37H60N2O4/c1-7-10-11-26-18-33(43-32(26)22-38-16-14-28(15-17-38)39(8-2)9-3)36-21-29-25(6)12-13-30(29)35(23-40)20-27(36)19-31(24(4)5)37(35,36)34(41)42/h19,23-30,32-33H,7-18,20-22H2,1-6H3,(H,41,42)/t25-,26?,27?,29-,30-,32?,33?,35?,36?,37?/m1/s1. The highest BCUT2D eigenvalue weighted by Gasteiger charge is 2.86. The Labute approximate surface area is 261 Å². The average molecular weight is 597 g/mol. The molecule has 0 aromatic rings. The van der Waals surface area contributed by atoms with Crippen LogP contribution in [0.4, 0.5) is 0 Å². The Morgan fingerprint density at radius 3 is 2.47 bits per heavy atom. The minimum atomic E-state index is -1.14. The number of fused-ring (bicyclic) bond motifs is 2. The molecule has 0 aromatic carbocycles. The number of carboxylic acid groups (broad SMARTS) is 1. The molecule has 0 aromatic heterocycles. The summed E-state index contributed by atoms with van der Waals surface area (Å²) < 4.78 is 7.34. The lowest BCUT2D eigenvalue weighted by Gasteiger charge is -2.60. The quantitative estimate of drug-likeness (QED) is 0.200. The van der Waals surface area contributed by atoms with Crippen LogP contribution in [0.5, 0.6) is 0 Å². The van der Waals surface area contributed by atoms with Crippen molar-refractivity contribution in [1.82, 2.24) is 9.80 Å². The highest BCUT2D eigenvalue weighted by molar-refractivity contribution is 5.90. The van der Waals surface area contributed by atoms with E-state index in [4.69, 9.17) is 4.74 Å². The molecule has 242 valence electrons. The number of likely N-dealkylation sites (tertiary alicyclic amines) is 1. The van der Waals surface area contributed by atoms with Gasteiger partial charge in [0.1, 0.15) is 11.7 Å². The van der Waals surface area contributed by atoms with Gasteiger partial charge in [-0.3, -0.25) is 4.79 Å². The Kier molecular flexibility index (Phi) is 8.74. The molecule has 2 heterocycles. The van der Waals surface area contributed by atoms with Gasteiger partial charge >= 0.3 is 5.97 Å². The number of piperidine rings is 1. The molecule has 4 bridgehead atoms. The van der Waals surface area contributed by atoms with Crippen molar-refractivity contribution < 1.29 is 19.4 Å². The van der Waals surface area contributed by atoms with Crippen LogP contribution in [0.3, 0.4) is 0 Å². The fourth-order valence-corrected chi connectivity index (χ4v) is 12.4. The van der Waals surface area contributed by atoms with Gasteiger partial charge in [0, 0.05) is 18.0 Å². The van der Waals surface area contributed by atoms with Gasteiger partial charge in [0.25, 0.3) is 0 Å². The van der Waals surface area contributed by atoms with Gasteiger partial charge in [0.15, 0.2) is 0 Å². The van der Waals surface area contributed by atoms with Crippen molar-refractivity contribution in [2.75, 3.05) is 32.7 Å². The van der Waals surface area contributed by atoms with Crippen LogP contribution in [-0.2, 0) is 14.3 Å². The summed E-state index contributed by atoms with van der Waals surface area (Å²) in [4.78, 5) is 32.8. The van der Waals surface area contributed by atoms with Crippen LogP contribution >= 0.6 is 0 Å². The SMILES string of the molecule is CCCCC1CC(C23C[C@@H]4[C@H](C)CC[C@H]4C4(C=O)CC2C=C(C(C)C)C34C(=O)O)OC1CN1CCC(N(CC)CC)CC1. The molecular weight excluding hydrogens is 536 g/mol. The first-order valence-corrected chi connectivity index (χ1v) is 18.2. The fraction of sp³-hybridized carbons (Fsp3) is 0.892. The Balaban J connectivity index is 1.34. The molecule has 5 fully saturated rings. The van der Waals surface area contributed by atoms with E-state index in [-0.39, 0.29) is 30.0 Å². The summed E-state index contributed by atoms with van der Waals surface area (Å²) in [5, 5.41) is 11.5. The second kappa shape index (κ2) is 11.8. The summed E-state index contributed by atoms with van der Waals surface area (Å²) in [6.45, 7) is 18.9. The zero-order valence-corrected chi connectivity index (χ0v) is 28.0. The number of carboxylic acids is 1. The van der Waals surface area contributed by atoms with Gasteiger partial charge in [-0.05, 0) is 107 Å². The van der Waals surface area contributed by atoms with Crippen molar-refractivity contribution in [2.45, 2.75) is 124 Å². The summed E-state index contributed by atoms with van der Waals surface area (Å²) in [5.41, 5.74) is -1.42. The number of carbonyl (C=O) groups excluding carboxylic acids is 1. The third-order valence-corrected chi connectivity index (χ3v) is 14.2. The number of aliphatic carboxylic acids is 1. The van der Waals surface area contributed by atoms with E-state index >= 15 is 0 Å². The maximum Gasteiger partial charge on any atom is 0.315 e. The fourth-order valence-electron chi connectivity index (χ4n) is 12.4. The van der Waals surface area contributed by atoms with Gasteiger partial charge in [-0.1, -0.05) is 72.5 Å². The third kappa shape index (κ3) is 4.34. The first-order chi connectivity index (χ1) is 20.6. The molecule has 6 aliphatic rings. The van der Waals surface area contributed by atoms with Crippen molar-refractivity contribution >= 4 is 12.3 Å². The molecule has 10 atom stereocenters. The molecular formula is C37H60N2O4. The van der Waals surface area contributed by atoms with E-state index < -0.39 is 22.2 Å². The van der Waals surface area contributed by atoms with Crippen molar-refractivity contribution in [3.63, 3.8) is 0 Å². The van der Waals surface area contributed by atoms with E-state index in [1.54, 1.807) is 0 Å². The molecule has 1 N–H and O–H groups in total. The van der Waals surface area contributed by atoms with E-state index in [1.807, 2.05) is 0 Å². The Bertz CT molecular complexity index is 1080. The second-order valence-corrected chi connectivity index (χ2v) is 15.9. The van der Waals surface area contributed by atoms with Crippen LogP contribution in [0.2, 0.25) is 0 Å². The number of unbranched alkanes of at least 4 members (excludes halogenated alkanes) is 1. The van der Waals surface area contributed by atoms with Crippen LogP contribution in [0, 0.1) is 51.8 Å². The van der Waals surface area contributed by atoms with E-state index in [0.29, 0.717) is 30.2 Å². The summed E-state index contributed by atoms with van der Waals surface area (Å²) in [5.74, 6) is 1.07. The lowest BCUT2D eigenvalue weighted by molar-refractivity contribution is -0.197. The molecule has 0 spiro atoms. The molecule has 6 rings (SSSR count). The Morgan fingerprint density at radius 2 is 1.86 bits per heavy atom. The van der Waals surface area contributed by atoms with Crippen molar-refractivity contribution in [3.8, 4) is 0 Å². The maximum absolute atomic E-state index is 14.0. The van der Waals surface area contributed by atoms with Crippen molar-refractivity contribution in [3.05, 3.63) is 11.6 Å². The molecule has 4 aliphatic carbocycles. The first-order valence-electron chi connectivity index (χ1n) is 18.2. The average Bonchev–Trinajstić information content (AvgIpc) is 3.70. The van der Waals surface area contributed by atoms with Crippen LogP contribution < -0.4 is 0 Å². The molecule has 43 heavy (non-hydrogen) atoms. The van der Waals surface area contributed by atoms with Crippen LogP contribution in [0.1, 0.15) is 106 Å². The third-order valence-electron chi connectivity index (χ3n) is 14.2. The number of rotatable bonds is 12. The number of hydrogen-bond acceptors (Lipinski definition) is 5. The van der Waals surface area contributed by atoms with Gasteiger partial charge in [0.2, 0.25) is 0 Å². The van der Waals surface area contributed by atoms with Gasteiger partial charge < -0.3 is 24.4 Å². The van der Waals surface area contributed by atoms with Crippen molar-refractivity contribution in [2.24, 2.45) is 51.8 Å². The zero-order chi connectivity index (χ0) is 30.7. The highest BCUT2D eigenvalue weighted by Crippen LogP contribution is 2.84. The predicted octanol–water partition coefficient (Wildman–Crippen LogP) is 6.68. The number of aldehydes is 1. The van der Waals surface area contributed by atoms with Gasteiger partial charge in [-0.25, -0.2) is 0 Å². The topological polar surface area (TPSA) is 70.1 Å². The largest absolute Gasteiger partial charge is 0.481 e. The maximum atomic E-state index is 14.0. The summed E-state index contributed by atoms with van der Waals surface area (Å²) in [7, 11) is 0. The summed E-state index contributed by atoms with van der Waals surface area (Å²) in [6.07, 6.45) is 14.2. The predicted molar refractivity (Wildman–Crippen MR) is 171 cm³/mol. The number of ether oxygens (including phenoxy) is 1. The molecule has 6 nitrogen and oxygen atoms in total. The van der Waals surface area contributed by atoms with E-state index in [1.165, 1.54) is 32.0 Å². The molecule has 6 heteroatoms. The number of allylic oxidation sites excluding steroid dienone is 1. The molecule has 7 unspecified atom stereocenters. The Morgan fingerprint density at radius 1 is 1.14 bits per heavy atom. The number of hydrogen-bond donors (Lipinski definition) is 1. The lowest BCUT2D eigenvalue weighted by atomic mass is 9.41. The minimum absolute atomic E-state index is 0.100. The minimum Gasteiger partial charge on any atom is -0.481 e. The van der Waals surface area contributed by atoms with E-state index in [9.17, 15) is 14.7 Å². The summed E-state index contributed by atoms with van der Waals surface area (Å²) in [6, 6.07) is 0.684. The molecule has 3 saturated carbocycles. The van der Waals surface area contributed by atoms with Gasteiger partial charge in [-0.15, -0.1) is 0 Å². The zero-order valence-electron chi connectivity index (χ0n) is 28.0. The monoisotopic (exact) mass is 596 g/mol. The van der Waals surface area contributed by atoms with Gasteiger partial charge in [-0.2, -0.15) is 0 Å². The molecule has 2 aliphatic heterocycles. The number of nitrogens with zero attached hydrogens (tertiary/aromatic N) is 2. The lowest BCUT2D eigenvalue weighted by Crippen LogP contribution is -2.65. The highest BCUT2D eigenvalue weighted by atomic mass is 16.5. The smallest absolute Gasteiger partial charge is 0.315 e. The molecule has 0 radical (unpaired) electrons. The first kappa shape index (κ1) is 31.7. The normalized spacial score (nSPS) is 44.4.